The van der Waals surface area contributed by atoms with Gasteiger partial charge in [0.05, 0.1) is 16.6 Å². The molecule has 4 rings (SSSR count). The van der Waals surface area contributed by atoms with Crippen LogP contribution < -0.4 is 15.0 Å². The predicted octanol–water partition coefficient (Wildman–Crippen LogP) is 4.20. The van der Waals surface area contributed by atoms with E-state index in [9.17, 15) is 9.59 Å². The maximum Gasteiger partial charge on any atom is 0.277 e. The van der Waals surface area contributed by atoms with Crippen LogP contribution in [0.15, 0.2) is 58.2 Å². The summed E-state index contributed by atoms with van der Waals surface area (Å²) in [6.07, 6.45) is 0. The third kappa shape index (κ3) is 4.34. The highest BCUT2D eigenvalue weighted by molar-refractivity contribution is 8.00. The standard InChI is InChI=1S/C23H24N4O4S/c1-14-8-7-9-16(12-14)30-13-19-25-26-22(31-19)32-15(2)20(28)27-18-11-6-5-10-17(18)24-21(29)23(27,3)4/h5-12,15H,13H2,1-4H3,(H,24,29). The van der Waals surface area contributed by atoms with Gasteiger partial charge >= 0.3 is 0 Å². The Balaban J connectivity index is 1.45. The van der Waals surface area contributed by atoms with Crippen LogP contribution in [0.1, 0.15) is 32.2 Å². The van der Waals surface area contributed by atoms with Crippen LogP contribution in [0.2, 0.25) is 0 Å². The lowest BCUT2D eigenvalue weighted by Gasteiger charge is -2.42. The van der Waals surface area contributed by atoms with Gasteiger partial charge in [-0.3, -0.25) is 14.5 Å². The van der Waals surface area contributed by atoms with E-state index >= 15 is 0 Å². The summed E-state index contributed by atoms with van der Waals surface area (Å²) in [6.45, 7) is 7.32. The lowest BCUT2D eigenvalue weighted by atomic mass is 9.96. The molecule has 2 aromatic carbocycles. The summed E-state index contributed by atoms with van der Waals surface area (Å²) < 4.78 is 11.3. The van der Waals surface area contributed by atoms with Gasteiger partial charge in [-0.25, -0.2) is 0 Å². The summed E-state index contributed by atoms with van der Waals surface area (Å²) in [5, 5.41) is 10.6. The quantitative estimate of drug-likeness (QED) is 0.560. The Kier molecular flexibility index (Phi) is 5.92. The number of benzene rings is 2. The van der Waals surface area contributed by atoms with Crippen molar-refractivity contribution in [2.45, 2.75) is 50.3 Å². The minimum atomic E-state index is -1.04. The van der Waals surface area contributed by atoms with Gasteiger partial charge in [-0.2, -0.15) is 0 Å². The van der Waals surface area contributed by atoms with Crippen molar-refractivity contribution in [2.75, 3.05) is 10.2 Å². The number of carbonyl (C=O) groups excluding carboxylic acids is 2. The first-order valence-corrected chi connectivity index (χ1v) is 11.1. The van der Waals surface area contributed by atoms with Gasteiger partial charge in [0.2, 0.25) is 11.8 Å². The molecule has 0 saturated heterocycles. The van der Waals surface area contributed by atoms with E-state index in [-0.39, 0.29) is 23.6 Å². The molecule has 32 heavy (non-hydrogen) atoms. The molecule has 0 aliphatic carbocycles. The summed E-state index contributed by atoms with van der Waals surface area (Å²) in [5.74, 6) is 0.565. The van der Waals surface area contributed by atoms with E-state index in [0.717, 1.165) is 17.3 Å². The maximum atomic E-state index is 13.4. The number of hydrogen-bond acceptors (Lipinski definition) is 7. The van der Waals surface area contributed by atoms with Crippen molar-refractivity contribution in [1.29, 1.82) is 0 Å². The van der Waals surface area contributed by atoms with Crippen LogP contribution >= 0.6 is 11.8 Å². The maximum absolute atomic E-state index is 13.4. The van der Waals surface area contributed by atoms with Gasteiger partial charge < -0.3 is 14.5 Å². The lowest BCUT2D eigenvalue weighted by molar-refractivity contribution is -0.126. The second-order valence-electron chi connectivity index (χ2n) is 8.03. The van der Waals surface area contributed by atoms with Crippen molar-refractivity contribution >= 4 is 35.0 Å². The minimum Gasteiger partial charge on any atom is -0.484 e. The molecule has 3 aromatic rings. The molecule has 1 aliphatic heterocycles. The van der Waals surface area contributed by atoms with Gasteiger partial charge in [0.1, 0.15) is 11.3 Å². The van der Waals surface area contributed by atoms with E-state index in [0.29, 0.717) is 23.0 Å². The number of para-hydroxylation sites is 2. The zero-order valence-corrected chi connectivity index (χ0v) is 19.1. The number of fused-ring (bicyclic) bond motifs is 1. The van der Waals surface area contributed by atoms with E-state index in [1.807, 2.05) is 49.4 Å². The van der Waals surface area contributed by atoms with Crippen molar-refractivity contribution in [3.05, 3.63) is 60.0 Å². The largest absolute Gasteiger partial charge is 0.484 e. The number of nitrogens with zero attached hydrogens (tertiary/aromatic N) is 3. The summed E-state index contributed by atoms with van der Waals surface area (Å²) in [4.78, 5) is 27.5. The van der Waals surface area contributed by atoms with Crippen LogP contribution in [-0.2, 0) is 16.2 Å². The molecule has 0 fully saturated rings. The van der Waals surface area contributed by atoms with Crippen molar-refractivity contribution in [1.82, 2.24) is 10.2 Å². The highest BCUT2D eigenvalue weighted by Gasteiger charge is 2.45. The average Bonchev–Trinajstić information content (AvgIpc) is 3.20. The van der Waals surface area contributed by atoms with Crippen molar-refractivity contribution in [3.8, 4) is 5.75 Å². The molecule has 2 heterocycles. The number of anilines is 2. The molecule has 2 amide bonds. The Morgan fingerprint density at radius 2 is 2.00 bits per heavy atom. The number of aromatic nitrogens is 2. The Morgan fingerprint density at radius 3 is 2.78 bits per heavy atom. The number of ether oxygens (including phenoxy) is 1. The predicted molar refractivity (Wildman–Crippen MR) is 122 cm³/mol. The van der Waals surface area contributed by atoms with E-state index < -0.39 is 10.8 Å². The number of aryl methyl sites for hydroxylation is 1. The molecule has 0 radical (unpaired) electrons. The lowest BCUT2D eigenvalue weighted by Crippen LogP contribution is -2.60. The molecular formula is C23H24N4O4S. The van der Waals surface area contributed by atoms with Crippen LogP contribution in [0.4, 0.5) is 11.4 Å². The summed E-state index contributed by atoms with van der Waals surface area (Å²) in [5.41, 5.74) is 1.32. The molecule has 8 nitrogen and oxygen atoms in total. The molecule has 1 aliphatic rings. The Morgan fingerprint density at radius 1 is 1.22 bits per heavy atom. The van der Waals surface area contributed by atoms with Crippen LogP contribution in [0, 0.1) is 6.92 Å². The molecule has 1 unspecified atom stereocenters. The molecule has 1 aromatic heterocycles. The van der Waals surface area contributed by atoms with Gasteiger partial charge in [0.25, 0.3) is 11.1 Å². The zero-order chi connectivity index (χ0) is 22.9. The number of nitrogens with one attached hydrogen (secondary N) is 1. The number of amides is 2. The first-order valence-electron chi connectivity index (χ1n) is 10.2. The van der Waals surface area contributed by atoms with Crippen molar-refractivity contribution in [3.63, 3.8) is 0 Å². The normalized spacial score (nSPS) is 15.6. The molecule has 0 saturated carbocycles. The Bertz CT molecular complexity index is 1160. The minimum absolute atomic E-state index is 0.131. The molecule has 9 heteroatoms. The zero-order valence-electron chi connectivity index (χ0n) is 18.3. The number of thioether (sulfide) groups is 1. The average molecular weight is 453 g/mol. The van der Waals surface area contributed by atoms with Crippen LogP contribution in [-0.4, -0.2) is 32.8 Å². The highest BCUT2D eigenvalue weighted by Crippen LogP contribution is 2.38. The topological polar surface area (TPSA) is 97.6 Å². The Hall–Kier alpha value is -3.33. The Labute approximate surface area is 190 Å². The fourth-order valence-electron chi connectivity index (χ4n) is 3.42. The third-order valence-electron chi connectivity index (χ3n) is 5.15. The fraction of sp³-hybridized carbons (Fsp3) is 0.304. The SMILES string of the molecule is Cc1cccc(OCc2nnc(SC(C)C(=O)N3c4ccccc4NC(=O)C3(C)C)o2)c1. The molecular weight excluding hydrogens is 428 g/mol. The molecule has 0 spiro atoms. The first-order chi connectivity index (χ1) is 15.3. The molecule has 166 valence electrons. The number of rotatable bonds is 6. The van der Waals surface area contributed by atoms with Gasteiger partial charge in [-0.1, -0.05) is 36.0 Å². The van der Waals surface area contributed by atoms with Gasteiger partial charge in [-0.15, -0.1) is 10.2 Å². The summed E-state index contributed by atoms with van der Waals surface area (Å²) >= 11 is 1.15. The van der Waals surface area contributed by atoms with Crippen LogP contribution in [0.25, 0.3) is 0 Å². The van der Waals surface area contributed by atoms with Crippen LogP contribution in [0.3, 0.4) is 0 Å². The molecule has 0 bridgehead atoms. The second kappa shape index (κ2) is 8.66. The van der Waals surface area contributed by atoms with E-state index in [1.165, 1.54) is 4.90 Å². The van der Waals surface area contributed by atoms with Gasteiger partial charge in [-0.05, 0) is 57.5 Å². The van der Waals surface area contributed by atoms with Gasteiger partial charge in [0.15, 0.2) is 6.61 Å². The van der Waals surface area contributed by atoms with Crippen LogP contribution in [0.5, 0.6) is 5.75 Å². The second-order valence-corrected chi connectivity index (χ2v) is 9.32. The van der Waals surface area contributed by atoms with Gasteiger partial charge in [0, 0.05) is 0 Å². The first kappa shape index (κ1) is 21.9. The number of hydrogen-bond donors (Lipinski definition) is 1. The van der Waals surface area contributed by atoms with E-state index in [4.69, 9.17) is 9.15 Å². The number of carbonyl (C=O) groups is 2. The monoisotopic (exact) mass is 452 g/mol. The van der Waals surface area contributed by atoms with E-state index in [1.54, 1.807) is 26.8 Å². The highest BCUT2D eigenvalue weighted by atomic mass is 32.2. The smallest absolute Gasteiger partial charge is 0.277 e. The summed E-state index contributed by atoms with van der Waals surface area (Å²) in [7, 11) is 0. The third-order valence-corrected chi connectivity index (χ3v) is 6.08. The van der Waals surface area contributed by atoms with E-state index in [2.05, 4.69) is 15.5 Å². The fourth-order valence-corrected chi connectivity index (χ4v) is 4.17. The molecule has 1 atom stereocenters. The van der Waals surface area contributed by atoms with Crippen molar-refractivity contribution in [2.24, 2.45) is 0 Å². The summed E-state index contributed by atoms with van der Waals surface area (Å²) in [6, 6.07) is 14.9. The molecule has 1 N–H and O–H groups in total. The van der Waals surface area contributed by atoms with Crippen molar-refractivity contribution < 1.29 is 18.7 Å².